The molecule has 2 aliphatic rings. The van der Waals surface area contributed by atoms with Gasteiger partial charge in [-0.2, -0.15) is 15.1 Å². The van der Waals surface area contributed by atoms with Gasteiger partial charge in [0.1, 0.15) is 24.7 Å². The Morgan fingerprint density at radius 2 is 1.94 bits per heavy atom. The number of hydrazone groups is 1. The molecule has 1 N–H and O–H groups in total. The van der Waals surface area contributed by atoms with Crippen molar-refractivity contribution in [2.45, 2.75) is 6.92 Å². The summed E-state index contributed by atoms with van der Waals surface area (Å²) in [5.41, 5.74) is 3.26. The molecule has 2 aromatic carbocycles. The molecule has 0 saturated heterocycles. The van der Waals surface area contributed by atoms with E-state index in [9.17, 15) is 4.79 Å². The van der Waals surface area contributed by atoms with Gasteiger partial charge in [0, 0.05) is 5.02 Å². The second kappa shape index (κ2) is 9.13. The molecule has 0 atom stereocenters. The summed E-state index contributed by atoms with van der Waals surface area (Å²) in [6, 6.07) is 10.6. The first-order valence-electron chi connectivity index (χ1n) is 9.16. The summed E-state index contributed by atoms with van der Waals surface area (Å²) in [4.78, 5) is 16.2. The van der Waals surface area contributed by atoms with E-state index in [-0.39, 0.29) is 11.4 Å². The Balaban J connectivity index is 1.38. The summed E-state index contributed by atoms with van der Waals surface area (Å²) in [7, 11) is 0. The van der Waals surface area contributed by atoms with Crippen LogP contribution in [0.1, 0.15) is 11.1 Å². The summed E-state index contributed by atoms with van der Waals surface area (Å²) in [5, 5.41) is 15.0. The predicted molar refractivity (Wildman–Crippen MR) is 125 cm³/mol. The first-order valence-corrected chi connectivity index (χ1v) is 10.8. The highest BCUT2D eigenvalue weighted by molar-refractivity contribution is 8.25. The molecule has 31 heavy (non-hydrogen) atoms. The summed E-state index contributed by atoms with van der Waals surface area (Å²) >= 11 is 13.5. The van der Waals surface area contributed by atoms with Crippen LogP contribution in [0, 0.1) is 12.3 Å². The minimum atomic E-state index is -0.486. The standard InChI is InChI=1S/C21H16Cl2N4O3S/c1-12-8-14(3-4-16(12)22)29-6-7-30-18-5-2-13(10-17(18)23)9-15-19(24)27-21(26-20(15)28)31-11-25-27/h2-5,8-11,24H,6-7H2,1H3. The number of amides is 1. The molecule has 0 spiro atoms. The fraction of sp³-hybridized carbons (Fsp3) is 0.143. The molecule has 2 heterocycles. The van der Waals surface area contributed by atoms with Gasteiger partial charge in [0.2, 0.25) is 0 Å². The van der Waals surface area contributed by atoms with Crippen molar-refractivity contribution in [3.63, 3.8) is 0 Å². The second-order valence-electron chi connectivity index (χ2n) is 6.55. The molecular weight excluding hydrogens is 459 g/mol. The maximum absolute atomic E-state index is 12.3. The molecule has 0 unspecified atom stereocenters. The summed E-state index contributed by atoms with van der Waals surface area (Å²) in [6.45, 7) is 2.55. The zero-order chi connectivity index (χ0) is 22.0. The van der Waals surface area contributed by atoms with E-state index >= 15 is 0 Å². The highest BCUT2D eigenvalue weighted by Gasteiger charge is 2.32. The largest absolute Gasteiger partial charge is 0.490 e. The Morgan fingerprint density at radius 1 is 1.13 bits per heavy atom. The van der Waals surface area contributed by atoms with Gasteiger partial charge in [-0.05, 0) is 66.2 Å². The highest BCUT2D eigenvalue weighted by Crippen LogP contribution is 2.29. The number of nitrogens with zero attached hydrogens (tertiary/aromatic N) is 3. The van der Waals surface area contributed by atoms with E-state index in [1.807, 2.05) is 13.0 Å². The van der Waals surface area contributed by atoms with Crippen LogP contribution in [0.2, 0.25) is 10.0 Å². The van der Waals surface area contributed by atoms with Gasteiger partial charge < -0.3 is 9.47 Å². The molecular formula is C21H16Cl2N4O3S. The van der Waals surface area contributed by atoms with E-state index in [1.54, 1.807) is 36.4 Å². The zero-order valence-electron chi connectivity index (χ0n) is 16.3. The zero-order valence-corrected chi connectivity index (χ0v) is 18.6. The maximum Gasteiger partial charge on any atom is 0.283 e. The number of aliphatic imine (C=N–C) groups is 1. The van der Waals surface area contributed by atoms with Crippen molar-refractivity contribution in [2.24, 2.45) is 10.1 Å². The van der Waals surface area contributed by atoms with Crippen molar-refractivity contribution in [3.8, 4) is 11.5 Å². The van der Waals surface area contributed by atoms with Crippen LogP contribution in [0.5, 0.6) is 11.5 Å². The molecule has 0 bridgehead atoms. The van der Waals surface area contributed by atoms with E-state index in [0.29, 0.717) is 45.5 Å². The maximum atomic E-state index is 12.3. The number of rotatable bonds is 6. The summed E-state index contributed by atoms with van der Waals surface area (Å²) in [6.07, 6.45) is 1.56. The van der Waals surface area contributed by atoms with Crippen molar-refractivity contribution < 1.29 is 14.3 Å². The number of carbonyl (C=O) groups excluding carboxylic acids is 1. The summed E-state index contributed by atoms with van der Waals surface area (Å²) in [5.74, 6) is 0.692. The fourth-order valence-electron chi connectivity index (χ4n) is 2.85. The first kappa shape index (κ1) is 21.4. The quantitative estimate of drug-likeness (QED) is 0.469. The number of carbonyl (C=O) groups is 1. The molecule has 2 aliphatic heterocycles. The number of aryl methyl sites for hydroxylation is 1. The fourth-order valence-corrected chi connectivity index (χ4v) is 3.82. The van der Waals surface area contributed by atoms with E-state index in [4.69, 9.17) is 38.1 Å². The Bertz CT molecular complexity index is 1160. The van der Waals surface area contributed by atoms with Crippen LogP contribution in [-0.2, 0) is 4.79 Å². The topological polar surface area (TPSA) is 87.3 Å². The lowest BCUT2D eigenvalue weighted by atomic mass is 10.1. The molecule has 4 rings (SSSR count). The molecule has 2 aromatic rings. The van der Waals surface area contributed by atoms with Crippen molar-refractivity contribution in [1.29, 1.82) is 5.41 Å². The van der Waals surface area contributed by atoms with Crippen molar-refractivity contribution >= 4 is 63.5 Å². The van der Waals surface area contributed by atoms with Gasteiger partial charge >= 0.3 is 0 Å². The average molecular weight is 475 g/mol. The third-order valence-corrected chi connectivity index (χ3v) is 5.80. The monoisotopic (exact) mass is 474 g/mol. The summed E-state index contributed by atoms with van der Waals surface area (Å²) < 4.78 is 11.3. The Morgan fingerprint density at radius 3 is 2.71 bits per heavy atom. The number of thioether (sulfide) groups is 1. The van der Waals surface area contributed by atoms with Crippen molar-refractivity contribution in [3.05, 3.63) is 63.1 Å². The van der Waals surface area contributed by atoms with Crippen LogP contribution in [0.15, 0.2) is 52.1 Å². The minimum absolute atomic E-state index is 0.0257. The third-order valence-electron chi connectivity index (χ3n) is 4.40. The van der Waals surface area contributed by atoms with Gasteiger partial charge in [0.05, 0.1) is 16.1 Å². The molecule has 0 aromatic heterocycles. The van der Waals surface area contributed by atoms with Crippen LogP contribution in [0.25, 0.3) is 6.08 Å². The first-order chi connectivity index (χ1) is 14.9. The van der Waals surface area contributed by atoms with Gasteiger partial charge in [0.15, 0.2) is 11.0 Å². The molecule has 0 aliphatic carbocycles. The SMILES string of the molecule is Cc1cc(OCCOc2ccc(C=C3C(=N)N4N=CSC4=NC3=O)cc2Cl)ccc1Cl. The molecule has 0 fully saturated rings. The molecule has 0 radical (unpaired) electrons. The molecule has 7 nitrogen and oxygen atoms in total. The molecule has 158 valence electrons. The number of halogens is 2. The number of amidine groups is 2. The van der Waals surface area contributed by atoms with Gasteiger partial charge in [-0.15, -0.1) is 0 Å². The second-order valence-corrected chi connectivity index (χ2v) is 8.18. The number of fused-ring (bicyclic) bond motifs is 1. The lowest BCUT2D eigenvalue weighted by Gasteiger charge is -2.20. The average Bonchev–Trinajstić information content (AvgIpc) is 3.21. The van der Waals surface area contributed by atoms with Gasteiger partial charge in [-0.25, -0.2) is 0 Å². The molecule has 0 saturated carbocycles. The van der Waals surface area contributed by atoms with Gasteiger partial charge in [0.25, 0.3) is 5.91 Å². The number of hydrogen-bond donors (Lipinski definition) is 1. The van der Waals surface area contributed by atoms with Crippen molar-refractivity contribution in [2.75, 3.05) is 13.2 Å². The van der Waals surface area contributed by atoms with Crippen molar-refractivity contribution in [1.82, 2.24) is 5.01 Å². The Hall–Kier alpha value is -2.81. The number of ether oxygens (including phenoxy) is 2. The molecule has 10 heteroatoms. The predicted octanol–water partition coefficient (Wildman–Crippen LogP) is 5.01. The van der Waals surface area contributed by atoms with E-state index < -0.39 is 5.91 Å². The van der Waals surface area contributed by atoms with Gasteiger partial charge in [-0.3, -0.25) is 10.2 Å². The van der Waals surface area contributed by atoms with Crippen LogP contribution in [-0.4, -0.2) is 40.7 Å². The normalized spacial score (nSPS) is 16.5. The molecule has 1 amide bonds. The third kappa shape index (κ3) is 4.76. The Kier molecular flexibility index (Phi) is 6.31. The van der Waals surface area contributed by atoms with Crippen LogP contribution in [0.3, 0.4) is 0 Å². The smallest absolute Gasteiger partial charge is 0.283 e. The Labute approximate surface area is 192 Å². The van der Waals surface area contributed by atoms with E-state index in [0.717, 1.165) is 5.56 Å². The van der Waals surface area contributed by atoms with Crippen LogP contribution in [0.4, 0.5) is 0 Å². The number of benzene rings is 2. The van der Waals surface area contributed by atoms with E-state index in [2.05, 4.69) is 10.1 Å². The number of hydrogen-bond acceptors (Lipinski definition) is 6. The lowest BCUT2D eigenvalue weighted by Crippen LogP contribution is -2.35. The lowest BCUT2D eigenvalue weighted by molar-refractivity contribution is -0.114. The minimum Gasteiger partial charge on any atom is -0.490 e. The highest BCUT2D eigenvalue weighted by atomic mass is 35.5. The van der Waals surface area contributed by atoms with Gasteiger partial charge in [-0.1, -0.05) is 29.3 Å². The van der Waals surface area contributed by atoms with Crippen LogP contribution < -0.4 is 9.47 Å². The van der Waals surface area contributed by atoms with E-state index in [1.165, 1.54) is 22.3 Å². The number of nitrogens with one attached hydrogen (secondary N) is 1. The van der Waals surface area contributed by atoms with Crippen LogP contribution >= 0.6 is 35.0 Å².